The van der Waals surface area contributed by atoms with Crippen LogP contribution in [0.5, 0.6) is 0 Å². The van der Waals surface area contributed by atoms with Crippen molar-refractivity contribution in [2.45, 2.75) is 0 Å². The van der Waals surface area contributed by atoms with E-state index in [1.165, 1.54) is 0 Å². The minimum absolute atomic E-state index is 0.196. The highest BCUT2D eigenvalue weighted by molar-refractivity contribution is 6.41. The number of hydrogen-bond acceptors (Lipinski definition) is 5. The topological polar surface area (TPSA) is 62.1 Å². The number of hydrogen-bond donors (Lipinski definition) is 0. The first kappa shape index (κ1) is 18.5. The molecule has 0 aliphatic heterocycles. The van der Waals surface area contributed by atoms with Gasteiger partial charge in [0.05, 0.1) is 16.9 Å². The van der Waals surface area contributed by atoms with E-state index in [0.29, 0.717) is 16.8 Å². The predicted octanol–water partition coefficient (Wildman–Crippen LogP) is 5.63. The molecule has 0 fully saturated rings. The number of anilines is 1. The Morgan fingerprint density at radius 2 is 1.17 bits per heavy atom. The third-order valence-electron chi connectivity index (χ3n) is 4.76. The lowest BCUT2D eigenvalue weighted by Gasteiger charge is -2.11. The minimum Gasteiger partial charge on any atom is -0.378 e. The van der Waals surface area contributed by atoms with Gasteiger partial charge in [0.15, 0.2) is 11.6 Å². The number of carbonyl (C=O) groups excluding carboxylic acids is 2. The average molecular weight is 381 g/mol. The number of carbonyl (C=O) groups is 2. The molecule has 5 nitrogen and oxygen atoms in total. The summed E-state index contributed by atoms with van der Waals surface area (Å²) in [6.07, 6.45) is 1.63. The van der Waals surface area contributed by atoms with Crippen molar-refractivity contribution >= 4 is 34.7 Å². The predicted molar refractivity (Wildman–Crippen MR) is 114 cm³/mol. The molecule has 0 bridgehead atoms. The second-order valence-corrected chi connectivity index (χ2v) is 6.96. The summed E-state index contributed by atoms with van der Waals surface area (Å²) in [6, 6.07) is 21.9. The first-order valence-corrected chi connectivity index (χ1v) is 9.22. The van der Waals surface area contributed by atoms with Gasteiger partial charge in [-0.2, -0.15) is 10.2 Å². The van der Waals surface area contributed by atoms with Crippen molar-refractivity contribution in [2.75, 3.05) is 19.0 Å². The molecule has 0 radical (unpaired) electrons. The molecular formula is C24H19N3O2. The van der Waals surface area contributed by atoms with Crippen LogP contribution in [0.1, 0.15) is 26.3 Å². The number of nitrogens with zero attached hydrogens (tertiary/aromatic N) is 3. The van der Waals surface area contributed by atoms with E-state index in [-0.39, 0.29) is 17.1 Å². The van der Waals surface area contributed by atoms with Gasteiger partial charge in [-0.1, -0.05) is 36.4 Å². The zero-order valence-corrected chi connectivity index (χ0v) is 16.2. The summed E-state index contributed by atoms with van der Waals surface area (Å²) in [5, 5.41) is 8.49. The highest BCUT2D eigenvalue weighted by Gasteiger charge is 2.32. The summed E-state index contributed by atoms with van der Waals surface area (Å²) < 4.78 is 0. The van der Waals surface area contributed by atoms with Gasteiger partial charge in [0.1, 0.15) is 0 Å². The number of fused-ring (bicyclic) bond motifs is 1. The standard InChI is InChI=1S/C24H19N3O2/c1-27(2)19-13-11-18(12-14-19)26-25-17-9-7-16(8-10-17)15-22-23(28)20-5-3-4-6-21(20)24(22)29/h3-15H,1-2H3. The Labute approximate surface area is 169 Å². The number of ketones is 2. The summed E-state index contributed by atoms with van der Waals surface area (Å²) in [5.41, 5.74) is 4.45. The molecule has 4 rings (SSSR count). The summed E-state index contributed by atoms with van der Waals surface area (Å²) in [6.45, 7) is 0. The fourth-order valence-electron chi connectivity index (χ4n) is 3.14. The van der Waals surface area contributed by atoms with Crippen molar-refractivity contribution in [3.8, 4) is 0 Å². The van der Waals surface area contributed by atoms with Gasteiger partial charge in [-0.05, 0) is 48.0 Å². The van der Waals surface area contributed by atoms with Crippen LogP contribution in [-0.4, -0.2) is 25.7 Å². The van der Waals surface area contributed by atoms with Crippen LogP contribution in [-0.2, 0) is 0 Å². The zero-order chi connectivity index (χ0) is 20.4. The summed E-state index contributed by atoms with van der Waals surface area (Å²) in [5.74, 6) is -0.453. The van der Waals surface area contributed by atoms with E-state index in [4.69, 9.17) is 0 Å². The molecule has 0 heterocycles. The van der Waals surface area contributed by atoms with Crippen molar-refractivity contribution in [3.05, 3.63) is 95.1 Å². The zero-order valence-electron chi connectivity index (χ0n) is 16.2. The van der Waals surface area contributed by atoms with Gasteiger partial charge in [0.2, 0.25) is 0 Å². The first-order valence-electron chi connectivity index (χ1n) is 9.22. The van der Waals surface area contributed by atoms with E-state index in [9.17, 15) is 9.59 Å². The van der Waals surface area contributed by atoms with Crippen LogP contribution in [0.3, 0.4) is 0 Å². The van der Waals surface area contributed by atoms with Gasteiger partial charge in [0.25, 0.3) is 0 Å². The maximum atomic E-state index is 12.5. The second kappa shape index (κ2) is 7.64. The molecule has 0 spiro atoms. The van der Waals surface area contributed by atoms with Gasteiger partial charge in [-0.25, -0.2) is 0 Å². The quantitative estimate of drug-likeness (QED) is 0.334. The molecule has 0 amide bonds. The van der Waals surface area contributed by atoms with Crippen molar-refractivity contribution < 1.29 is 9.59 Å². The molecule has 3 aromatic carbocycles. The molecular weight excluding hydrogens is 362 g/mol. The molecule has 0 N–H and O–H groups in total. The SMILES string of the molecule is CN(C)c1ccc(N=Nc2ccc(C=C3C(=O)c4ccccc4C3=O)cc2)cc1. The van der Waals surface area contributed by atoms with Gasteiger partial charge < -0.3 is 4.90 Å². The largest absolute Gasteiger partial charge is 0.378 e. The molecule has 0 atom stereocenters. The summed E-state index contributed by atoms with van der Waals surface area (Å²) >= 11 is 0. The second-order valence-electron chi connectivity index (χ2n) is 6.96. The van der Waals surface area contributed by atoms with Crippen molar-refractivity contribution in [2.24, 2.45) is 10.2 Å². The maximum absolute atomic E-state index is 12.5. The van der Waals surface area contributed by atoms with Gasteiger partial charge in [-0.15, -0.1) is 0 Å². The normalized spacial score (nSPS) is 13.1. The summed E-state index contributed by atoms with van der Waals surface area (Å²) in [4.78, 5) is 27.0. The van der Waals surface area contributed by atoms with E-state index in [0.717, 1.165) is 16.9 Å². The fourth-order valence-corrected chi connectivity index (χ4v) is 3.14. The van der Waals surface area contributed by atoms with Gasteiger partial charge in [0, 0.05) is 30.9 Å². The van der Waals surface area contributed by atoms with Gasteiger partial charge >= 0.3 is 0 Å². The van der Waals surface area contributed by atoms with Crippen molar-refractivity contribution in [1.82, 2.24) is 0 Å². The number of rotatable bonds is 4. The lowest BCUT2D eigenvalue weighted by molar-refractivity contribution is 0.0990. The smallest absolute Gasteiger partial charge is 0.197 e. The van der Waals surface area contributed by atoms with E-state index in [1.807, 2.05) is 55.4 Å². The Kier molecular flexibility index (Phi) is 4.87. The van der Waals surface area contributed by atoms with Crippen LogP contribution in [0.15, 0.2) is 88.6 Å². The van der Waals surface area contributed by atoms with Crippen LogP contribution < -0.4 is 4.90 Å². The first-order chi connectivity index (χ1) is 14.0. The molecule has 0 saturated heterocycles. The van der Waals surface area contributed by atoms with Crippen LogP contribution in [0.25, 0.3) is 6.08 Å². The Hall–Kier alpha value is -3.86. The number of Topliss-reactive ketones (excluding diaryl/α,β-unsaturated/α-hetero) is 2. The molecule has 0 unspecified atom stereocenters. The molecule has 3 aromatic rings. The fraction of sp³-hybridized carbons (Fsp3) is 0.0833. The van der Waals surface area contributed by atoms with E-state index >= 15 is 0 Å². The Balaban J connectivity index is 1.51. The van der Waals surface area contributed by atoms with Crippen LogP contribution >= 0.6 is 0 Å². The third kappa shape index (κ3) is 3.75. The number of allylic oxidation sites excluding steroid dienone is 1. The average Bonchev–Trinajstić information content (AvgIpc) is 2.98. The minimum atomic E-state index is -0.226. The molecule has 0 aromatic heterocycles. The lowest BCUT2D eigenvalue weighted by atomic mass is 10.1. The van der Waals surface area contributed by atoms with E-state index in [1.54, 1.807) is 42.5 Å². The van der Waals surface area contributed by atoms with Crippen molar-refractivity contribution in [1.29, 1.82) is 0 Å². The molecule has 142 valence electrons. The highest BCUT2D eigenvalue weighted by Crippen LogP contribution is 2.28. The molecule has 1 aliphatic rings. The van der Waals surface area contributed by atoms with Crippen LogP contribution in [0, 0.1) is 0 Å². The van der Waals surface area contributed by atoms with Crippen LogP contribution in [0.4, 0.5) is 17.1 Å². The Bertz CT molecular complexity index is 1100. The van der Waals surface area contributed by atoms with Crippen LogP contribution in [0.2, 0.25) is 0 Å². The highest BCUT2D eigenvalue weighted by atomic mass is 16.2. The molecule has 1 aliphatic carbocycles. The third-order valence-corrected chi connectivity index (χ3v) is 4.76. The monoisotopic (exact) mass is 381 g/mol. The maximum Gasteiger partial charge on any atom is 0.197 e. The van der Waals surface area contributed by atoms with E-state index in [2.05, 4.69) is 10.2 Å². The Morgan fingerprint density at radius 1 is 0.690 bits per heavy atom. The number of benzene rings is 3. The molecule has 29 heavy (non-hydrogen) atoms. The Morgan fingerprint density at radius 3 is 1.66 bits per heavy atom. The molecule has 5 heteroatoms. The lowest BCUT2D eigenvalue weighted by Crippen LogP contribution is -2.07. The number of azo groups is 1. The van der Waals surface area contributed by atoms with Crippen molar-refractivity contribution in [3.63, 3.8) is 0 Å². The molecule has 0 saturated carbocycles. The van der Waals surface area contributed by atoms with Gasteiger partial charge in [-0.3, -0.25) is 9.59 Å². The summed E-state index contributed by atoms with van der Waals surface area (Å²) in [7, 11) is 3.97. The van der Waals surface area contributed by atoms with E-state index < -0.39 is 0 Å².